The number of aromatic nitrogens is 2. The second-order valence-electron chi connectivity index (χ2n) is 5.39. The molecule has 0 spiro atoms. The molecule has 0 saturated heterocycles. The Morgan fingerprint density at radius 2 is 1.88 bits per heavy atom. The second kappa shape index (κ2) is 6.91. The summed E-state index contributed by atoms with van der Waals surface area (Å²) in [6.45, 7) is 1.99. The fourth-order valence-electron chi connectivity index (χ4n) is 2.25. The van der Waals surface area contributed by atoms with Crippen LogP contribution >= 0.6 is 0 Å². The maximum Gasteiger partial charge on any atom is 0.322 e. The molecule has 1 aromatic heterocycles. The SMILES string of the molecule is Cc1ccc(Cc2nnc(NC(=O)c3ccccc3[N+](=O)[O-])o2)cc1. The Morgan fingerprint density at radius 1 is 1.16 bits per heavy atom. The van der Waals surface area contributed by atoms with Crippen molar-refractivity contribution in [1.82, 2.24) is 10.2 Å². The summed E-state index contributed by atoms with van der Waals surface area (Å²) < 4.78 is 5.39. The molecule has 8 nitrogen and oxygen atoms in total. The lowest BCUT2D eigenvalue weighted by Gasteiger charge is -2.01. The lowest BCUT2D eigenvalue weighted by atomic mass is 10.1. The summed E-state index contributed by atoms with van der Waals surface area (Å²) >= 11 is 0. The van der Waals surface area contributed by atoms with Crippen molar-refractivity contribution >= 4 is 17.6 Å². The molecule has 0 bridgehead atoms. The van der Waals surface area contributed by atoms with Crippen molar-refractivity contribution in [2.24, 2.45) is 0 Å². The molecule has 0 unspecified atom stereocenters. The zero-order chi connectivity index (χ0) is 17.8. The third kappa shape index (κ3) is 3.86. The van der Waals surface area contributed by atoms with Crippen LogP contribution in [0.2, 0.25) is 0 Å². The molecule has 3 aromatic rings. The number of nitrogens with one attached hydrogen (secondary N) is 1. The number of carbonyl (C=O) groups excluding carboxylic acids is 1. The molecule has 126 valence electrons. The van der Waals surface area contributed by atoms with E-state index in [1.807, 2.05) is 31.2 Å². The van der Waals surface area contributed by atoms with Crippen molar-refractivity contribution < 1.29 is 14.1 Å². The largest absolute Gasteiger partial charge is 0.407 e. The highest BCUT2D eigenvalue weighted by Crippen LogP contribution is 2.19. The average Bonchev–Trinajstić information content (AvgIpc) is 3.03. The third-order valence-electron chi connectivity index (χ3n) is 3.51. The predicted molar refractivity (Wildman–Crippen MR) is 89.3 cm³/mol. The Hall–Kier alpha value is -3.55. The first kappa shape index (κ1) is 16.3. The first-order valence-corrected chi connectivity index (χ1v) is 7.45. The van der Waals surface area contributed by atoms with Crippen LogP contribution in [-0.2, 0) is 6.42 Å². The van der Waals surface area contributed by atoms with Crippen LogP contribution in [0, 0.1) is 17.0 Å². The minimum atomic E-state index is -0.683. The molecular weight excluding hydrogens is 324 g/mol. The van der Waals surface area contributed by atoms with Crippen molar-refractivity contribution in [2.45, 2.75) is 13.3 Å². The van der Waals surface area contributed by atoms with Crippen LogP contribution in [0.3, 0.4) is 0 Å². The summed E-state index contributed by atoms with van der Waals surface area (Å²) in [5, 5.41) is 21.0. The highest BCUT2D eigenvalue weighted by Gasteiger charge is 2.21. The number of para-hydroxylation sites is 1. The van der Waals surface area contributed by atoms with Gasteiger partial charge in [-0.25, -0.2) is 0 Å². The Morgan fingerprint density at radius 3 is 2.60 bits per heavy atom. The maximum atomic E-state index is 12.2. The highest BCUT2D eigenvalue weighted by molar-refractivity contribution is 6.06. The molecule has 1 N–H and O–H groups in total. The van der Waals surface area contributed by atoms with Gasteiger partial charge in [0.05, 0.1) is 11.3 Å². The zero-order valence-electron chi connectivity index (χ0n) is 13.3. The van der Waals surface area contributed by atoms with Crippen LogP contribution in [0.4, 0.5) is 11.7 Å². The normalized spacial score (nSPS) is 10.4. The topological polar surface area (TPSA) is 111 Å². The van der Waals surface area contributed by atoms with Crippen LogP contribution in [0.25, 0.3) is 0 Å². The summed E-state index contributed by atoms with van der Waals surface area (Å²) in [5.41, 5.74) is 1.77. The summed E-state index contributed by atoms with van der Waals surface area (Å²) in [6, 6.07) is 13.4. The van der Waals surface area contributed by atoms with E-state index in [1.165, 1.54) is 18.2 Å². The third-order valence-corrected chi connectivity index (χ3v) is 3.51. The summed E-state index contributed by atoms with van der Waals surface area (Å²) in [4.78, 5) is 22.6. The number of aryl methyl sites for hydroxylation is 1. The van der Waals surface area contributed by atoms with E-state index in [0.29, 0.717) is 12.3 Å². The van der Waals surface area contributed by atoms with E-state index in [2.05, 4.69) is 15.5 Å². The number of nitrogens with zero attached hydrogens (tertiary/aromatic N) is 3. The van der Waals surface area contributed by atoms with Crippen molar-refractivity contribution in [3.8, 4) is 0 Å². The Balaban J connectivity index is 1.72. The van der Waals surface area contributed by atoms with E-state index < -0.39 is 10.8 Å². The van der Waals surface area contributed by atoms with Gasteiger partial charge in [0.25, 0.3) is 11.6 Å². The van der Waals surface area contributed by atoms with Gasteiger partial charge in [-0.1, -0.05) is 47.1 Å². The van der Waals surface area contributed by atoms with E-state index in [1.54, 1.807) is 6.07 Å². The number of hydrogen-bond donors (Lipinski definition) is 1. The maximum absolute atomic E-state index is 12.2. The van der Waals surface area contributed by atoms with Crippen LogP contribution in [-0.4, -0.2) is 21.0 Å². The van der Waals surface area contributed by atoms with Crippen molar-refractivity contribution in [3.63, 3.8) is 0 Å². The molecule has 0 radical (unpaired) electrons. The zero-order valence-corrected chi connectivity index (χ0v) is 13.3. The number of carbonyl (C=O) groups is 1. The molecule has 0 fully saturated rings. The molecular formula is C17H14N4O4. The summed E-state index contributed by atoms with van der Waals surface area (Å²) in [6.07, 6.45) is 0.425. The van der Waals surface area contributed by atoms with Crippen molar-refractivity contribution in [3.05, 3.63) is 81.2 Å². The molecule has 0 aliphatic rings. The number of hydrogen-bond acceptors (Lipinski definition) is 6. The standard InChI is InChI=1S/C17H14N4O4/c1-11-6-8-12(9-7-11)10-15-19-20-17(25-15)18-16(22)13-4-2-3-5-14(13)21(23)24/h2-9H,10H2,1H3,(H,18,20,22). The lowest BCUT2D eigenvalue weighted by Crippen LogP contribution is -2.14. The Labute approximate surface area is 142 Å². The fourth-order valence-corrected chi connectivity index (χ4v) is 2.25. The van der Waals surface area contributed by atoms with Gasteiger partial charge in [-0.15, -0.1) is 5.10 Å². The van der Waals surface area contributed by atoms with E-state index >= 15 is 0 Å². The highest BCUT2D eigenvalue weighted by atomic mass is 16.6. The van der Waals surface area contributed by atoms with E-state index in [4.69, 9.17) is 4.42 Å². The van der Waals surface area contributed by atoms with Crippen LogP contribution in [0.15, 0.2) is 52.9 Å². The summed E-state index contributed by atoms with van der Waals surface area (Å²) in [5.74, 6) is -0.348. The van der Waals surface area contributed by atoms with E-state index in [9.17, 15) is 14.9 Å². The van der Waals surface area contributed by atoms with Gasteiger partial charge >= 0.3 is 6.01 Å². The molecule has 1 heterocycles. The molecule has 0 aliphatic carbocycles. The van der Waals surface area contributed by atoms with Crippen molar-refractivity contribution in [1.29, 1.82) is 0 Å². The Bertz CT molecular complexity index is 918. The van der Waals surface area contributed by atoms with Crippen molar-refractivity contribution in [2.75, 3.05) is 5.32 Å². The van der Waals surface area contributed by atoms with Gasteiger partial charge in [0.1, 0.15) is 5.56 Å². The fraction of sp³-hybridized carbons (Fsp3) is 0.118. The van der Waals surface area contributed by atoms with Crippen LogP contribution in [0.1, 0.15) is 27.4 Å². The van der Waals surface area contributed by atoms with Gasteiger partial charge in [-0.2, -0.15) is 0 Å². The minimum Gasteiger partial charge on any atom is -0.407 e. The number of benzene rings is 2. The minimum absolute atomic E-state index is 0.0780. The lowest BCUT2D eigenvalue weighted by molar-refractivity contribution is -0.385. The van der Waals surface area contributed by atoms with Gasteiger partial charge in [0.2, 0.25) is 5.89 Å². The molecule has 25 heavy (non-hydrogen) atoms. The van der Waals surface area contributed by atoms with E-state index in [-0.39, 0.29) is 17.3 Å². The predicted octanol–water partition coefficient (Wildman–Crippen LogP) is 3.13. The molecule has 0 atom stereocenters. The average molecular weight is 338 g/mol. The summed E-state index contributed by atoms with van der Waals surface area (Å²) in [7, 11) is 0. The van der Waals surface area contributed by atoms with Gasteiger partial charge in [0.15, 0.2) is 0 Å². The number of amides is 1. The van der Waals surface area contributed by atoms with Gasteiger partial charge in [-0.05, 0) is 18.6 Å². The second-order valence-corrected chi connectivity index (χ2v) is 5.39. The molecule has 0 saturated carbocycles. The monoisotopic (exact) mass is 338 g/mol. The first-order valence-electron chi connectivity index (χ1n) is 7.45. The quantitative estimate of drug-likeness (QED) is 0.565. The van der Waals surface area contributed by atoms with Crippen LogP contribution in [0.5, 0.6) is 0 Å². The molecule has 2 aromatic carbocycles. The van der Waals surface area contributed by atoms with Gasteiger partial charge < -0.3 is 4.42 Å². The molecule has 8 heteroatoms. The number of rotatable bonds is 5. The Kier molecular flexibility index (Phi) is 4.51. The van der Waals surface area contributed by atoms with Gasteiger partial charge in [-0.3, -0.25) is 20.2 Å². The van der Waals surface area contributed by atoms with Crippen LogP contribution < -0.4 is 5.32 Å². The first-order chi connectivity index (χ1) is 12.0. The van der Waals surface area contributed by atoms with Gasteiger partial charge in [0, 0.05) is 6.07 Å². The number of anilines is 1. The number of nitro groups is 1. The van der Waals surface area contributed by atoms with E-state index in [0.717, 1.165) is 11.1 Å². The molecule has 3 rings (SSSR count). The molecule has 1 amide bonds. The molecule has 0 aliphatic heterocycles. The number of nitro benzene ring substituents is 1. The smallest absolute Gasteiger partial charge is 0.322 e.